The Morgan fingerprint density at radius 1 is 1.30 bits per heavy atom. The van der Waals surface area contributed by atoms with Gasteiger partial charge in [-0.15, -0.1) is 0 Å². The van der Waals surface area contributed by atoms with Crippen molar-refractivity contribution in [3.05, 3.63) is 38.9 Å². The lowest BCUT2D eigenvalue weighted by Gasteiger charge is -2.06. The maximum absolute atomic E-state index is 11.7. The molecule has 0 aromatic heterocycles. The van der Waals surface area contributed by atoms with E-state index in [1.807, 2.05) is 0 Å². The number of hydrogen-bond donors (Lipinski definition) is 0. The molecule has 0 N–H and O–H groups in total. The molecule has 7 nitrogen and oxygen atoms in total. The topological polar surface area (TPSA) is 87.9 Å². The zero-order chi connectivity index (χ0) is 15.0. The van der Waals surface area contributed by atoms with E-state index in [-0.39, 0.29) is 29.5 Å². The molecule has 0 aliphatic heterocycles. The largest absolute Gasteiger partial charge is 0.460 e. The summed E-state index contributed by atoms with van der Waals surface area (Å²) in [6.45, 7) is 1.14. The van der Waals surface area contributed by atoms with Crippen molar-refractivity contribution in [3.63, 3.8) is 0 Å². The van der Waals surface area contributed by atoms with Crippen molar-refractivity contribution < 1.29 is 23.9 Å². The molecule has 0 radical (unpaired) electrons. The Labute approximate surface area is 120 Å². The van der Waals surface area contributed by atoms with Crippen LogP contribution in [0.2, 0.25) is 5.02 Å². The number of ether oxygens (including phenoxy) is 3. The van der Waals surface area contributed by atoms with Crippen molar-refractivity contribution in [2.75, 3.05) is 33.5 Å². The summed E-state index contributed by atoms with van der Waals surface area (Å²) in [5.41, 5.74) is -0.268. The summed E-state index contributed by atoms with van der Waals surface area (Å²) < 4.78 is 14.8. The van der Waals surface area contributed by atoms with Gasteiger partial charge in [0.25, 0.3) is 5.69 Å². The van der Waals surface area contributed by atoms with Gasteiger partial charge in [0.1, 0.15) is 11.6 Å². The van der Waals surface area contributed by atoms with Crippen LogP contribution in [0, 0.1) is 10.1 Å². The van der Waals surface area contributed by atoms with E-state index in [9.17, 15) is 14.9 Å². The second-order valence-electron chi connectivity index (χ2n) is 3.66. The number of methoxy groups -OCH3 is 1. The number of nitrogens with zero attached hydrogens (tertiary/aromatic N) is 1. The van der Waals surface area contributed by atoms with Gasteiger partial charge in [0.15, 0.2) is 0 Å². The third kappa shape index (κ3) is 5.12. The standard InChI is InChI=1S/C12H14ClNO6/c1-18-4-5-19-6-7-20-12(15)9-2-3-10(13)11(8-9)14(16)17/h2-3,8H,4-7H2,1H3. The Morgan fingerprint density at radius 3 is 2.65 bits per heavy atom. The quantitative estimate of drug-likeness (QED) is 0.316. The van der Waals surface area contributed by atoms with Gasteiger partial charge < -0.3 is 14.2 Å². The van der Waals surface area contributed by atoms with Crippen molar-refractivity contribution in [1.82, 2.24) is 0 Å². The van der Waals surface area contributed by atoms with Crippen LogP contribution in [0.1, 0.15) is 10.4 Å². The number of halogens is 1. The van der Waals surface area contributed by atoms with Gasteiger partial charge in [0.2, 0.25) is 0 Å². The molecule has 0 aliphatic carbocycles. The number of carbonyl (C=O) groups is 1. The molecular formula is C12H14ClNO6. The van der Waals surface area contributed by atoms with Gasteiger partial charge in [-0.05, 0) is 12.1 Å². The van der Waals surface area contributed by atoms with Crippen LogP contribution >= 0.6 is 11.6 Å². The van der Waals surface area contributed by atoms with Crippen molar-refractivity contribution >= 4 is 23.3 Å². The maximum Gasteiger partial charge on any atom is 0.338 e. The Kier molecular flexibility index (Phi) is 6.92. The smallest absolute Gasteiger partial charge is 0.338 e. The Hall–Kier alpha value is -1.70. The van der Waals surface area contributed by atoms with Crippen molar-refractivity contribution in [1.29, 1.82) is 0 Å². The molecule has 0 heterocycles. The molecule has 1 rings (SSSR count). The average Bonchev–Trinajstić information content (AvgIpc) is 2.42. The summed E-state index contributed by atoms with van der Waals surface area (Å²) in [6, 6.07) is 3.73. The van der Waals surface area contributed by atoms with E-state index in [0.717, 1.165) is 6.07 Å². The van der Waals surface area contributed by atoms with E-state index in [1.54, 1.807) is 7.11 Å². The molecule has 0 amide bonds. The number of nitro benzene ring substituents is 1. The van der Waals surface area contributed by atoms with E-state index < -0.39 is 10.9 Å². The van der Waals surface area contributed by atoms with Crippen LogP contribution in [-0.4, -0.2) is 44.4 Å². The summed E-state index contributed by atoms with van der Waals surface area (Å²) in [5, 5.41) is 10.7. The van der Waals surface area contributed by atoms with E-state index in [2.05, 4.69) is 0 Å². The third-order valence-corrected chi connectivity index (χ3v) is 2.59. The van der Waals surface area contributed by atoms with Gasteiger partial charge in [0, 0.05) is 13.2 Å². The predicted molar refractivity (Wildman–Crippen MR) is 71.1 cm³/mol. The highest BCUT2D eigenvalue weighted by molar-refractivity contribution is 6.32. The molecule has 0 unspecified atom stereocenters. The fourth-order valence-corrected chi connectivity index (χ4v) is 1.49. The van der Waals surface area contributed by atoms with Gasteiger partial charge in [0.05, 0.1) is 30.3 Å². The van der Waals surface area contributed by atoms with Gasteiger partial charge in [-0.2, -0.15) is 0 Å². The molecule has 0 aliphatic rings. The molecule has 110 valence electrons. The number of benzene rings is 1. The lowest BCUT2D eigenvalue weighted by atomic mass is 10.2. The fraction of sp³-hybridized carbons (Fsp3) is 0.417. The van der Waals surface area contributed by atoms with Crippen molar-refractivity contribution in [2.45, 2.75) is 0 Å². The molecule has 0 fully saturated rings. The van der Waals surface area contributed by atoms with Gasteiger partial charge in [-0.1, -0.05) is 11.6 Å². The van der Waals surface area contributed by atoms with E-state index in [4.69, 9.17) is 25.8 Å². The van der Waals surface area contributed by atoms with Gasteiger partial charge in [-0.3, -0.25) is 10.1 Å². The molecule has 0 spiro atoms. The first-order valence-corrected chi connectivity index (χ1v) is 6.11. The summed E-state index contributed by atoms with van der Waals surface area (Å²) in [7, 11) is 1.55. The van der Waals surface area contributed by atoms with Crippen LogP contribution in [0.15, 0.2) is 18.2 Å². The Balaban J connectivity index is 2.47. The fourth-order valence-electron chi connectivity index (χ4n) is 1.30. The van der Waals surface area contributed by atoms with Gasteiger partial charge >= 0.3 is 5.97 Å². The van der Waals surface area contributed by atoms with Crippen molar-refractivity contribution in [2.24, 2.45) is 0 Å². The van der Waals surface area contributed by atoms with Crippen molar-refractivity contribution in [3.8, 4) is 0 Å². The SMILES string of the molecule is COCCOCCOC(=O)c1ccc(Cl)c([N+](=O)[O-])c1. The summed E-state index contributed by atoms with van der Waals surface area (Å²) in [5.74, 6) is -0.667. The molecule has 8 heteroatoms. The van der Waals surface area contributed by atoms with Crippen LogP contribution in [0.5, 0.6) is 0 Å². The van der Waals surface area contributed by atoms with Crippen LogP contribution in [0.3, 0.4) is 0 Å². The molecule has 0 saturated heterocycles. The molecule has 1 aromatic carbocycles. The molecule has 20 heavy (non-hydrogen) atoms. The molecule has 0 atom stereocenters. The van der Waals surface area contributed by atoms with E-state index in [0.29, 0.717) is 13.2 Å². The minimum atomic E-state index is -0.667. The number of rotatable bonds is 8. The highest BCUT2D eigenvalue weighted by Crippen LogP contribution is 2.25. The normalized spacial score (nSPS) is 10.3. The monoisotopic (exact) mass is 303 g/mol. The minimum Gasteiger partial charge on any atom is -0.460 e. The first kappa shape index (κ1) is 16.4. The molecule has 0 saturated carbocycles. The number of carbonyl (C=O) groups excluding carboxylic acids is 1. The second kappa shape index (κ2) is 8.47. The minimum absolute atomic E-state index is 0.0329. The predicted octanol–water partition coefficient (Wildman–Crippen LogP) is 2.07. The van der Waals surface area contributed by atoms with Crippen LogP contribution in [-0.2, 0) is 14.2 Å². The lowest BCUT2D eigenvalue weighted by Crippen LogP contribution is -2.12. The molecule has 1 aromatic rings. The van der Waals surface area contributed by atoms with E-state index >= 15 is 0 Å². The molecular weight excluding hydrogens is 290 g/mol. The maximum atomic E-state index is 11.7. The lowest BCUT2D eigenvalue weighted by molar-refractivity contribution is -0.384. The first-order valence-electron chi connectivity index (χ1n) is 5.74. The highest BCUT2D eigenvalue weighted by atomic mass is 35.5. The summed E-state index contributed by atoms with van der Waals surface area (Å²) in [6.07, 6.45) is 0. The zero-order valence-corrected chi connectivity index (χ0v) is 11.6. The number of esters is 1. The van der Waals surface area contributed by atoms with Crippen LogP contribution in [0.25, 0.3) is 0 Å². The zero-order valence-electron chi connectivity index (χ0n) is 10.8. The average molecular weight is 304 g/mol. The number of hydrogen-bond acceptors (Lipinski definition) is 6. The Morgan fingerprint density at radius 2 is 2.00 bits per heavy atom. The second-order valence-corrected chi connectivity index (χ2v) is 4.07. The van der Waals surface area contributed by atoms with Crippen LogP contribution in [0.4, 0.5) is 5.69 Å². The van der Waals surface area contributed by atoms with Crippen LogP contribution < -0.4 is 0 Å². The highest BCUT2D eigenvalue weighted by Gasteiger charge is 2.16. The molecule has 0 bridgehead atoms. The third-order valence-electron chi connectivity index (χ3n) is 2.27. The number of nitro groups is 1. The van der Waals surface area contributed by atoms with Gasteiger partial charge in [-0.25, -0.2) is 4.79 Å². The summed E-state index contributed by atoms with van der Waals surface area (Å²) >= 11 is 5.65. The summed E-state index contributed by atoms with van der Waals surface area (Å²) in [4.78, 5) is 21.7. The Bertz CT molecular complexity index is 479. The first-order chi connectivity index (χ1) is 9.56. The van der Waals surface area contributed by atoms with E-state index in [1.165, 1.54) is 12.1 Å².